The second-order valence-electron chi connectivity index (χ2n) is 3.86. The fourth-order valence-corrected chi connectivity index (χ4v) is 2.27. The molecule has 2 heteroatoms. The number of aliphatic hydroxyl groups excluding tert-OH is 1. The van der Waals surface area contributed by atoms with Gasteiger partial charge < -0.3 is 9.52 Å². The molecule has 0 fully saturated rings. The fraction of sp³-hybridized carbons (Fsp3) is 0.636. The van der Waals surface area contributed by atoms with Gasteiger partial charge in [-0.25, -0.2) is 0 Å². The first-order valence-corrected chi connectivity index (χ1v) is 4.99. The van der Waals surface area contributed by atoms with Crippen LogP contribution in [0.25, 0.3) is 0 Å². The average Bonchev–Trinajstić information content (AvgIpc) is 2.39. The van der Waals surface area contributed by atoms with Gasteiger partial charge in [-0.3, -0.25) is 0 Å². The maximum Gasteiger partial charge on any atom is 0.107 e. The molecule has 1 N–H and O–H groups in total. The molecule has 2 nitrogen and oxygen atoms in total. The lowest BCUT2D eigenvalue weighted by atomic mass is 9.93. The standard InChI is InChI=1S/C11H16O2/c1-7(12)11-8(2)13-10-6-4-3-5-9(10)11/h7,12H,3-6H2,1-2H3. The van der Waals surface area contributed by atoms with Crippen molar-refractivity contribution >= 4 is 0 Å². The Morgan fingerprint density at radius 2 is 2.00 bits per heavy atom. The third-order valence-corrected chi connectivity index (χ3v) is 2.82. The highest BCUT2D eigenvalue weighted by Gasteiger charge is 2.22. The first-order chi connectivity index (χ1) is 6.20. The molecule has 0 saturated heterocycles. The number of aliphatic hydroxyl groups is 1. The van der Waals surface area contributed by atoms with Crippen molar-refractivity contribution in [1.82, 2.24) is 0 Å². The summed E-state index contributed by atoms with van der Waals surface area (Å²) in [4.78, 5) is 0. The molecular formula is C11H16O2. The lowest BCUT2D eigenvalue weighted by molar-refractivity contribution is 0.196. The van der Waals surface area contributed by atoms with Gasteiger partial charge in [-0.05, 0) is 38.7 Å². The van der Waals surface area contributed by atoms with E-state index in [0.29, 0.717) is 0 Å². The number of rotatable bonds is 1. The fourth-order valence-electron chi connectivity index (χ4n) is 2.27. The molecule has 0 radical (unpaired) electrons. The maximum atomic E-state index is 9.59. The summed E-state index contributed by atoms with van der Waals surface area (Å²) in [6.07, 6.45) is 4.19. The molecule has 0 saturated carbocycles. The lowest BCUT2D eigenvalue weighted by Crippen LogP contribution is -2.03. The molecule has 1 aromatic heterocycles. The van der Waals surface area contributed by atoms with Gasteiger partial charge in [0, 0.05) is 12.0 Å². The lowest BCUT2D eigenvalue weighted by Gasteiger charge is -2.12. The van der Waals surface area contributed by atoms with Gasteiger partial charge in [-0.15, -0.1) is 0 Å². The summed E-state index contributed by atoms with van der Waals surface area (Å²) >= 11 is 0. The normalized spacial score (nSPS) is 18.4. The zero-order valence-corrected chi connectivity index (χ0v) is 8.26. The molecule has 0 bridgehead atoms. The molecule has 0 amide bonds. The van der Waals surface area contributed by atoms with Gasteiger partial charge in [0.05, 0.1) is 6.10 Å². The van der Waals surface area contributed by atoms with Crippen molar-refractivity contribution in [3.05, 3.63) is 22.6 Å². The van der Waals surface area contributed by atoms with Crippen molar-refractivity contribution < 1.29 is 9.52 Å². The summed E-state index contributed by atoms with van der Waals surface area (Å²) in [6.45, 7) is 3.76. The minimum Gasteiger partial charge on any atom is -0.466 e. The van der Waals surface area contributed by atoms with Crippen LogP contribution in [0.15, 0.2) is 4.42 Å². The van der Waals surface area contributed by atoms with E-state index < -0.39 is 0 Å². The SMILES string of the molecule is Cc1oc2c(c1C(C)O)CCCC2. The van der Waals surface area contributed by atoms with Crippen LogP contribution < -0.4 is 0 Å². The van der Waals surface area contributed by atoms with Gasteiger partial charge in [-0.2, -0.15) is 0 Å². The molecule has 72 valence electrons. The van der Waals surface area contributed by atoms with Crippen molar-refractivity contribution in [2.75, 3.05) is 0 Å². The van der Waals surface area contributed by atoms with E-state index in [-0.39, 0.29) is 6.10 Å². The van der Waals surface area contributed by atoms with Gasteiger partial charge in [0.25, 0.3) is 0 Å². The van der Waals surface area contributed by atoms with Crippen LogP contribution in [0, 0.1) is 6.92 Å². The van der Waals surface area contributed by atoms with Crippen LogP contribution in [0.1, 0.15) is 48.5 Å². The van der Waals surface area contributed by atoms with Crippen LogP contribution in [0.5, 0.6) is 0 Å². The number of furan rings is 1. The molecule has 1 aliphatic rings. The molecule has 2 rings (SSSR count). The van der Waals surface area contributed by atoms with Crippen LogP contribution in [-0.2, 0) is 12.8 Å². The van der Waals surface area contributed by atoms with E-state index in [1.807, 2.05) is 13.8 Å². The number of aryl methyl sites for hydroxylation is 2. The number of hydrogen-bond donors (Lipinski definition) is 1. The maximum absolute atomic E-state index is 9.59. The summed E-state index contributed by atoms with van der Waals surface area (Å²) < 4.78 is 5.64. The Labute approximate surface area is 78.6 Å². The van der Waals surface area contributed by atoms with E-state index in [4.69, 9.17) is 4.42 Å². The van der Waals surface area contributed by atoms with Gasteiger partial charge >= 0.3 is 0 Å². The van der Waals surface area contributed by atoms with E-state index in [0.717, 1.165) is 29.9 Å². The first kappa shape index (κ1) is 8.82. The highest BCUT2D eigenvalue weighted by molar-refractivity contribution is 5.36. The highest BCUT2D eigenvalue weighted by Crippen LogP contribution is 2.32. The van der Waals surface area contributed by atoms with E-state index in [2.05, 4.69) is 0 Å². The average molecular weight is 180 g/mol. The van der Waals surface area contributed by atoms with E-state index >= 15 is 0 Å². The Morgan fingerprint density at radius 1 is 1.31 bits per heavy atom. The summed E-state index contributed by atoms with van der Waals surface area (Å²) in [5.74, 6) is 2.02. The van der Waals surface area contributed by atoms with E-state index in [1.54, 1.807) is 0 Å². The molecular weight excluding hydrogens is 164 g/mol. The van der Waals surface area contributed by atoms with Crippen molar-refractivity contribution in [1.29, 1.82) is 0 Å². The van der Waals surface area contributed by atoms with Crippen molar-refractivity contribution in [2.45, 2.75) is 45.6 Å². The molecule has 0 aromatic carbocycles. The molecule has 1 heterocycles. The van der Waals surface area contributed by atoms with Crippen molar-refractivity contribution in [3.63, 3.8) is 0 Å². The minimum absolute atomic E-state index is 0.384. The summed E-state index contributed by atoms with van der Waals surface area (Å²) in [5, 5.41) is 9.59. The van der Waals surface area contributed by atoms with Gasteiger partial charge in [0.1, 0.15) is 11.5 Å². The van der Waals surface area contributed by atoms with Crippen LogP contribution >= 0.6 is 0 Å². The predicted molar refractivity (Wildman–Crippen MR) is 50.7 cm³/mol. The third-order valence-electron chi connectivity index (χ3n) is 2.82. The molecule has 0 aliphatic heterocycles. The summed E-state index contributed by atoms with van der Waals surface area (Å²) in [5.41, 5.74) is 2.31. The number of hydrogen-bond acceptors (Lipinski definition) is 2. The van der Waals surface area contributed by atoms with Crippen LogP contribution in [0.3, 0.4) is 0 Å². The zero-order valence-electron chi connectivity index (χ0n) is 8.26. The third kappa shape index (κ3) is 1.39. The van der Waals surface area contributed by atoms with Crippen LogP contribution in [-0.4, -0.2) is 5.11 Å². The second-order valence-corrected chi connectivity index (χ2v) is 3.86. The molecule has 13 heavy (non-hydrogen) atoms. The topological polar surface area (TPSA) is 33.4 Å². The second kappa shape index (κ2) is 3.18. The van der Waals surface area contributed by atoms with E-state index in [1.165, 1.54) is 18.4 Å². The number of fused-ring (bicyclic) bond motifs is 1. The van der Waals surface area contributed by atoms with Crippen LogP contribution in [0.2, 0.25) is 0 Å². The highest BCUT2D eigenvalue weighted by atomic mass is 16.3. The Balaban J connectivity index is 2.48. The summed E-state index contributed by atoms with van der Waals surface area (Å²) in [7, 11) is 0. The molecule has 1 atom stereocenters. The smallest absolute Gasteiger partial charge is 0.107 e. The Bertz CT molecular complexity index is 310. The van der Waals surface area contributed by atoms with Crippen molar-refractivity contribution in [2.24, 2.45) is 0 Å². The molecule has 1 aliphatic carbocycles. The van der Waals surface area contributed by atoms with Gasteiger partial charge in [0.15, 0.2) is 0 Å². The van der Waals surface area contributed by atoms with Crippen molar-refractivity contribution in [3.8, 4) is 0 Å². The molecule has 1 aromatic rings. The summed E-state index contributed by atoms with van der Waals surface area (Å²) in [6, 6.07) is 0. The monoisotopic (exact) mass is 180 g/mol. The Hall–Kier alpha value is -0.760. The largest absolute Gasteiger partial charge is 0.466 e. The van der Waals surface area contributed by atoms with Crippen LogP contribution in [0.4, 0.5) is 0 Å². The molecule has 1 unspecified atom stereocenters. The predicted octanol–water partition coefficient (Wildman–Crippen LogP) is 2.52. The minimum atomic E-state index is -0.384. The quantitative estimate of drug-likeness (QED) is 0.720. The molecule has 0 spiro atoms. The Morgan fingerprint density at radius 3 is 2.69 bits per heavy atom. The van der Waals surface area contributed by atoms with Gasteiger partial charge in [-0.1, -0.05) is 0 Å². The Kier molecular flexibility index (Phi) is 2.16. The van der Waals surface area contributed by atoms with Gasteiger partial charge in [0.2, 0.25) is 0 Å². The van der Waals surface area contributed by atoms with E-state index in [9.17, 15) is 5.11 Å². The first-order valence-electron chi connectivity index (χ1n) is 4.99. The zero-order chi connectivity index (χ0) is 9.42.